The van der Waals surface area contributed by atoms with Crippen LogP contribution in [0.2, 0.25) is 5.02 Å². The fraction of sp³-hybridized carbons (Fsp3) is 0.0909. The van der Waals surface area contributed by atoms with E-state index in [1.807, 2.05) is 60.7 Å². The van der Waals surface area contributed by atoms with Gasteiger partial charge in [0, 0.05) is 43.7 Å². The first kappa shape index (κ1) is 25.1. The number of rotatable bonds is 4. The van der Waals surface area contributed by atoms with Crippen LogP contribution >= 0.6 is 23.4 Å². The van der Waals surface area contributed by atoms with Gasteiger partial charge in [0.1, 0.15) is 12.7 Å². The maximum Gasteiger partial charge on any atom is 0.242 e. The number of aromatic nitrogens is 4. The third-order valence-corrected chi connectivity index (χ3v) is 9.29. The molecule has 2 aliphatic rings. The van der Waals surface area contributed by atoms with Crippen molar-refractivity contribution in [1.29, 1.82) is 0 Å². The molecule has 2 unspecified atom stereocenters. The molecule has 0 amide bonds. The molecule has 2 aliphatic heterocycles. The maximum absolute atomic E-state index is 6.65. The predicted molar refractivity (Wildman–Crippen MR) is 166 cm³/mol. The number of oxime groups is 1. The van der Waals surface area contributed by atoms with Crippen molar-refractivity contribution < 1.29 is 4.84 Å². The fourth-order valence-corrected chi connectivity index (χ4v) is 7.29. The van der Waals surface area contributed by atoms with Crippen LogP contribution in [-0.2, 0) is 10.6 Å². The van der Waals surface area contributed by atoms with Gasteiger partial charge in [-0.05, 0) is 48.5 Å². The van der Waals surface area contributed by atoms with Crippen molar-refractivity contribution in [3.05, 3.63) is 144 Å². The van der Waals surface area contributed by atoms with Crippen LogP contribution in [0.3, 0.4) is 0 Å². The molecule has 8 rings (SSSR count). The minimum Gasteiger partial charge on any atom is -0.360 e. The number of fused-ring (bicyclic) bond motifs is 4. The SMILES string of the molecule is Clc1ccc(C2=NOC3(c4ccccc4)CC(c4cc5ccccc5nc4-n4cncn4)Sc4ccccc4N23)cc1. The molecule has 0 saturated carbocycles. The van der Waals surface area contributed by atoms with Crippen LogP contribution in [0.1, 0.15) is 28.4 Å². The van der Waals surface area contributed by atoms with E-state index >= 15 is 0 Å². The Balaban J connectivity index is 1.37. The summed E-state index contributed by atoms with van der Waals surface area (Å²) in [5.74, 6) is 1.48. The zero-order chi connectivity index (χ0) is 28.1. The number of halogens is 1. The molecular weight excluding hydrogens is 564 g/mol. The molecule has 2 aromatic heterocycles. The van der Waals surface area contributed by atoms with E-state index in [4.69, 9.17) is 26.6 Å². The second-order valence-corrected chi connectivity index (χ2v) is 11.9. The van der Waals surface area contributed by atoms with Crippen molar-refractivity contribution in [2.24, 2.45) is 5.16 Å². The highest BCUT2D eigenvalue weighted by atomic mass is 35.5. The minimum atomic E-state index is -0.925. The average molecular weight is 587 g/mol. The van der Waals surface area contributed by atoms with Crippen molar-refractivity contribution in [2.45, 2.75) is 22.3 Å². The van der Waals surface area contributed by atoms with Gasteiger partial charge in [-0.25, -0.2) is 14.6 Å². The molecule has 4 heterocycles. The number of amidine groups is 1. The number of benzene rings is 4. The molecule has 0 spiro atoms. The lowest BCUT2D eigenvalue weighted by Gasteiger charge is -2.38. The average Bonchev–Trinajstić information content (AvgIpc) is 3.68. The van der Waals surface area contributed by atoms with Crippen LogP contribution in [0.25, 0.3) is 16.7 Å². The first-order valence-corrected chi connectivity index (χ1v) is 14.8. The van der Waals surface area contributed by atoms with Crippen LogP contribution in [-0.4, -0.2) is 25.6 Å². The van der Waals surface area contributed by atoms with Crippen LogP contribution < -0.4 is 4.90 Å². The van der Waals surface area contributed by atoms with Crippen LogP contribution in [0.4, 0.5) is 5.69 Å². The third-order valence-electron chi connectivity index (χ3n) is 7.74. The lowest BCUT2D eigenvalue weighted by atomic mass is 9.91. The highest BCUT2D eigenvalue weighted by Gasteiger charge is 2.53. The van der Waals surface area contributed by atoms with E-state index in [2.05, 4.69) is 63.5 Å². The van der Waals surface area contributed by atoms with Crippen LogP contribution in [0, 0.1) is 0 Å². The Morgan fingerprint density at radius 2 is 1.67 bits per heavy atom. The van der Waals surface area contributed by atoms with Gasteiger partial charge in [0.15, 0.2) is 11.7 Å². The van der Waals surface area contributed by atoms with Gasteiger partial charge in [-0.2, -0.15) is 5.10 Å². The van der Waals surface area contributed by atoms with Crippen molar-refractivity contribution in [1.82, 2.24) is 19.7 Å². The number of hydrogen-bond donors (Lipinski definition) is 0. The lowest BCUT2D eigenvalue weighted by Crippen LogP contribution is -2.47. The van der Waals surface area contributed by atoms with Gasteiger partial charge < -0.3 is 4.84 Å². The maximum atomic E-state index is 6.65. The first-order valence-electron chi connectivity index (χ1n) is 13.6. The monoisotopic (exact) mass is 586 g/mol. The van der Waals surface area contributed by atoms with E-state index in [1.165, 1.54) is 6.33 Å². The van der Waals surface area contributed by atoms with Crippen LogP contribution in [0.5, 0.6) is 0 Å². The Hall–Kier alpha value is -4.66. The van der Waals surface area contributed by atoms with Gasteiger partial charge in [0.05, 0.1) is 11.2 Å². The summed E-state index contributed by atoms with van der Waals surface area (Å²) in [7, 11) is 0. The highest BCUT2D eigenvalue weighted by Crippen LogP contribution is 2.56. The van der Waals surface area contributed by atoms with E-state index in [0.29, 0.717) is 11.4 Å². The van der Waals surface area contributed by atoms with E-state index in [1.54, 1.807) is 22.8 Å². The molecular formula is C33H23ClN6OS. The third kappa shape index (κ3) is 4.06. The molecule has 6 aromatic rings. The standard InChI is InChI=1S/C33H23ClN6OS/c34-25-16-14-22(15-17-25)31-38-41-33(24-9-2-1-3-10-24)19-30(42-29-13-7-6-12-28(29)40(31)33)26-18-23-8-4-5-11-27(23)37-32(26)39-21-35-20-36-39/h1-18,20-21,30H,19H2. The summed E-state index contributed by atoms with van der Waals surface area (Å²) in [6.07, 6.45) is 3.82. The molecule has 0 N–H and O–H groups in total. The summed E-state index contributed by atoms with van der Waals surface area (Å²) in [6.45, 7) is 0. The van der Waals surface area contributed by atoms with E-state index < -0.39 is 5.72 Å². The summed E-state index contributed by atoms with van der Waals surface area (Å²) in [5, 5.41) is 10.9. The molecule has 0 fully saturated rings. The van der Waals surface area contributed by atoms with E-state index in [9.17, 15) is 0 Å². The Labute approximate surface area is 251 Å². The smallest absolute Gasteiger partial charge is 0.242 e. The van der Waals surface area contributed by atoms with Gasteiger partial charge >= 0.3 is 0 Å². The number of hydrogen-bond acceptors (Lipinski definition) is 7. The normalized spacial score (nSPS) is 19.5. The quantitative estimate of drug-likeness (QED) is 0.210. The van der Waals surface area contributed by atoms with Gasteiger partial charge in [-0.3, -0.25) is 4.90 Å². The summed E-state index contributed by atoms with van der Waals surface area (Å²) in [6, 6.07) is 36.9. The van der Waals surface area contributed by atoms with Crippen molar-refractivity contribution in [3.8, 4) is 5.82 Å². The molecule has 9 heteroatoms. The minimum absolute atomic E-state index is 0.0765. The van der Waals surface area contributed by atoms with Gasteiger partial charge in [0.2, 0.25) is 5.72 Å². The number of thioether (sulfide) groups is 1. The number of anilines is 1. The van der Waals surface area contributed by atoms with Gasteiger partial charge in [-0.15, -0.1) is 11.8 Å². The number of pyridine rings is 1. The molecule has 0 aliphatic carbocycles. The topological polar surface area (TPSA) is 68.4 Å². The summed E-state index contributed by atoms with van der Waals surface area (Å²) >= 11 is 8.07. The van der Waals surface area contributed by atoms with E-state index in [-0.39, 0.29) is 5.25 Å². The Bertz CT molecular complexity index is 1950. The molecule has 204 valence electrons. The Morgan fingerprint density at radius 3 is 2.50 bits per heavy atom. The predicted octanol–water partition coefficient (Wildman–Crippen LogP) is 7.76. The summed E-state index contributed by atoms with van der Waals surface area (Å²) < 4.78 is 1.75. The zero-order valence-electron chi connectivity index (χ0n) is 22.2. The molecule has 0 bridgehead atoms. The molecule has 7 nitrogen and oxygen atoms in total. The highest BCUT2D eigenvalue weighted by molar-refractivity contribution is 7.99. The van der Waals surface area contributed by atoms with Gasteiger partial charge in [-0.1, -0.05) is 77.4 Å². The number of para-hydroxylation sites is 2. The molecule has 4 aromatic carbocycles. The molecule has 2 atom stereocenters. The second-order valence-electron chi connectivity index (χ2n) is 10.2. The zero-order valence-corrected chi connectivity index (χ0v) is 23.8. The van der Waals surface area contributed by atoms with Crippen molar-refractivity contribution in [3.63, 3.8) is 0 Å². The summed E-state index contributed by atoms with van der Waals surface area (Å²) in [5.41, 5.74) is 3.97. The summed E-state index contributed by atoms with van der Waals surface area (Å²) in [4.78, 5) is 19.3. The Morgan fingerprint density at radius 1 is 0.881 bits per heavy atom. The lowest BCUT2D eigenvalue weighted by molar-refractivity contribution is -0.0283. The van der Waals surface area contributed by atoms with Crippen molar-refractivity contribution in [2.75, 3.05) is 4.90 Å². The molecule has 0 saturated heterocycles. The van der Waals surface area contributed by atoms with E-state index in [0.717, 1.165) is 49.8 Å². The second kappa shape index (κ2) is 10.0. The first-order chi connectivity index (χ1) is 20.7. The fourth-order valence-electron chi connectivity index (χ4n) is 5.81. The van der Waals surface area contributed by atoms with Crippen LogP contribution in [0.15, 0.2) is 132 Å². The molecule has 0 radical (unpaired) electrons. The molecule has 42 heavy (non-hydrogen) atoms. The number of nitrogens with zero attached hydrogens (tertiary/aromatic N) is 6. The van der Waals surface area contributed by atoms with Crippen molar-refractivity contribution >= 4 is 45.8 Å². The van der Waals surface area contributed by atoms with Gasteiger partial charge in [0.25, 0.3) is 0 Å². The largest absolute Gasteiger partial charge is 0.360 e. The Kier molecular flexibility index (Phi) is 5.98.